The van der Waals surface area contributed by atoms with Gasteiger partial charge in [-0.2, -0.15) is 0 Å². The van der Waals surface area contributed by atoms with Crippen LogP contribution in [0.4, 0.5) is 0 Å². The van der Waals surface area contributed by atoms with Crippen LogP contribution in [-0.4, -0.2) is 59.9 Å². The topological polar surface area (TPSA) is 172 Å². The van der Waals surface area contributed by atoms with Crippen molar-refractivity contribution >= 4 is 25.7 Å². The Kier molecular flexibility index (Phi) is 37.9. The van der Waals surface area contributed by atoms with Crippen LogP contribution in [0.2, 0.25) is 0 Å². The highest BCUT2D eigenvalue weighted by atomic mass is 31.2. The second kappa shape index (κ2) is 39.5. The van der Waals surface area contributed by atoms with Crippen LogP contribution in [0.25, 0.3) is 0 Å². The number of phosphoric acid groups is 1. The van der Waals surface area contributed by atoms with Gasteiger partial charge in [-0.25, -0.2) is 4.57 Å². The van der Waals surface area contributed by atoms with Crippen molar-refractivity contribution in [3.63, 3.8) is 0 Å². The Balaban J connectivity index is 4.38. The number of carboxylic acids is 1. The highest BCUT2D eigenvalue weighted by Crippen LogP contribution is 2.43. The summed E-state index contributed by atoms with van der Waals surface area (Å²) >= 11 is 0. The highest BCUT2D eigenvalue weighted by molar-refractivity contribution is 7.47. The fourth-order valence-electron chi connectivity index (χ4n) is 5.85. The van der Waals surface area contributed by atoms with Crippen molar-refractivity contribution in [1.82, 2.24) is 0 Å². The molecule has 0 fully saturated rings. The summed E-state index contributed by atoms with van der Waals surface area (Å²) in [6, 6.07) is -1.52. The molecule has 0 rings (SSSR count). The summed E-state index contributed by atoms with van der Waals surface area (Å²) in [5, 5.41) is 8.89. The lowest BCUT2D eigenvalue weighted by atomic mass is 10.1. The van der Waals surface area contributed by atoms with E-state index < -0.39 is 51.1 Å². The minimum Gasteiger partial charge on any atom is -0.480 e. The second-order valence-corrected chi connectivity index (χ2v) is 16.3. The fraction of sp³-hybridized carbons (Fsp3) is 0.795. The smallest absolute Gasteiger partial charge is 0.472 e. The molecule has 56 heavy (non-hydrogen) atoms. The molecule has 0 aliphatic heterocycles. The summed E-state index contributed by atoms with van der Waals surface area (Å²) in [6.45, 7) is 2.76. The molecule has 0 aromatic rings. The normalized spacial score (nSPS) is 14.1. The number of carbonyl (C=O) groups is 3. The Hall–Kier alpha value is -2.30. The summed E-state index contributed by atoms with van der Waals surface area (Å²) < 4.78 is 32.7. The van der Waals surface area contributed by atoms with Gasteiger partial charge in [0.25, 0.3) is 0 Å². The van der Waals surface area contributed by atoms with E-state index in [2.05, 4.69) is 54.8 Å². The van der Waals surface area contributed by atoms with Crippen LogP contribution >= 0.6 is 7.82 Å². The van der Waals surface area contributed by atoms with E-state index in [0.29, 0.717) is 12.8 Å². The first-order valence-corrected chi connectivity index (χ1v) is 23.5. The summed E-state index contributed by atoms with van der Waals surface area (Å²) in [6.07, 6.45) is 42.0. The van der Waals surface area contributed by atoms with Crippen LogP contribution in [-0.2, 0) is 37.5 Å². The number of rotatable bonds is 41. The fourth-order valence-corrected chi connectivity index (χ4v) is 6.63. The average molecular weight is 814 g/mol. The van der Waals surface area contributed by atoms with E-state index in [1.807, 2.05) is 0 Å². The zero-order valence-electron chi connectivity index (χ0n) is 35.2. The van der Waals surface area contributed by atoms with Crippen LogP contribution < -0.4 is 5.73 Å². The van der Waals surface area contributed by atoms with E-state index in [1.54, 1.807) is 0 Å². The number of phosphoric ester groups is 1. The lowest BCUT2D eigenvalue weighted by Gasteiger charge is -2.20. The predicted octanol–water partition coefficient (Wildman–Crippen LogP) is 11.6. The van der Waals surface area contributed by atoms with Crippen molar-refractivity contribution in [1.29, 1.82) is 0 Å². The molecule has 12 heteroatoms. The molecule has 0 bridgehead atoms. The number of carboxylic acid groups (broad SMARTS) is 1. The second-order valence-electron chi connectivity index (χ2n) is 14.8. The molecule has 11 nitrogen and oxygen atoms in total. The van der Waals surface area contributed by atoms with Gasteiger partial charge in [0.2, 0.25) is 0 Å². The quantitative estimate of drug-likeness (QED) is 0.0232. The molecule has 326 valence electrons. The first-order valence-electron chi connectivity index (χ1n) is 22.0. The third-order valence-electron chi connectivity index (χ3n) is 9.36. The van der Waals surface area contributed by atoms with E-state index in [1.165, 1.54) is 77.0 Å². The molecule has 0 aliphatic rings. The number of aliphatic carboxylic acids is 1. The maximum absolute atomic E-state index is 12.6. The van der Waals surface area contributed by atoms with Crippen molar-refractivity contribution in [2.75, 3.05) is 19.8 Å². The molecule has 1 unspecified atom stereocenters. The van der Waals surface area contributed by atoms with E-state index in [4.69, 9.17) is 24.8 Å². The Morgan fingerprint density at radius 3 is 1.45 bits per heavy atom. The average Bonchev–Trinajstić information content (AvgIpc) is 3.17. The summed E-state index contributed by atoms with van der Waals surface area (Å²) in [5.74, 6) is -2.40. The number of carbonyl (C=O) groups excluding carboxylic acids is 2. The third kappa shape index (κ3) is 38.6. The van der Waals surface area contributed by atoms with Crippen LogP contribution in [0.3, 0.4) is 0 Å². The van der Waals surface area contributed by atoms with Crippen molar-refractivity contribution < 1.29 is 47.5 Å². The Morgan fingerprint density at radius 2 is 0.946 bits per heavy atom. The van der Waals surface area contributed by atoms with Gasteiger partial charge in [0, 0.05) is 12.8 Å². The van der Waals surface area contributed by atoms with E-state index >= 15 is 0 Å². The summed E-state index contributed by atoms with van der Waals surface area (Å²) in [5.41, 5.74) is 5.33. The number of esters is 2. The molecule has 0 amide bonds. The molecule has 0 heterocycles. The minimum absolute atomic E-state index is 0.153. The summed E-state index contributed by atoms with van der Waals surface area (Å²) in [4.78, 5) is 45.9. The van der Waals surface area contributed by atoms with E-state index in [0.717, 1.165) is 77.0 Å². The van der Waals surface area contributed by atoms with Crippen LogP contribution in [0, 0.1) is 0 Å². The molecular weight excluding hydrogens is 733 g/mol. The third-order valence-corrected chi connectivity index (χ3v) is 10.3. The van der Waals surface area contributed by atoms with Gasteiger partial charge in [-0.15, -0.1) is 0 Å². The zero-order chi connectivity index (χ0) is 41.4. The molecule has 0 saturated carbocycles. The number of hydrogen-bond acceptors (Lipinski definition) is 9. The van der Waals surface area contributed by atoms with Crippen LogP contribution in [0.1, 0.15) is 194 Å². The van der Waals surface area contributed by atoms with Gasteiger partial charge in [-0.1, -0.05) is 147 Å². The maximum Gasteiger partial charge on any atom is 0.472 e. The van der Waals surface area contributed by atoms with Crippen molar-refractivity contribution in [3.8, 4) is 0 Å². The predicted molar refractivity (Wildman–Crippen MR) is 226 cm³/mol. The molecule has 0 saturated heterocycles. The minimum atomic E-state index is -4.72. The van der Waals surface area contributed by atoms with Crippen LogP contribution in [0.15, 0.2) is 36.5 Å². The SMILES string of the molecule is CCCCC/C=C\C/C=C\CCCCCCCC(=O)OC[C@H](COP(=O)(O)OC[C@H](N)C(=O)O)OC(=O)CCCCCCCCC/C=C\CCCCCCCC. The molecular formula is C44H80NO10P. The molecule has 0 aromatic heterocycles. The number of nitrogens with two attached hydrogens (primary N) is 1. The molecule has 0 aromatic carbocycles. The van der Waals surface area contributed by atoms with Crippen molar-refractivity contribution in [2.24, 2.45) is 5.73 Å². The number of hydrogen-bond donors (Lipinski definition) is 3. The van der Waals surface area contributed by atoms with E-state index in [9.17, 15) is 23.8 Å². The first-order chi connectivity index (χ1) is 27.1. The van der Waals surface area contributed by atoms with Gasteiger partial charge in [0.1, 0.15) is 12.6 Å². The Labute approximate surface area is 340 Å². The van der Waals surface area contributed by atoms with Gasteiger partial charge in [0.05, 0.1) is 13.2 Å². The van der Waals surface area contributed by atoms with Gasteiger partial charge in [-0.3, -0.25) is 23.4 Å². The standard InChI is InChI=1S/C44H80NO10P/c1-3-5-7-9-11-13-15-17-19-20-22-24-26-28-30-32-34-36-43(47)55-40(38-53-56(50,51)54-39-41(45)44(48)49)37-52-42(46)35-33-31-29-27-25-23-21-18-16-14-12-10-8-6-4-2/h12,14,17-19,21,40-41H,3-11,13,15-16,20,22-39,45H2,1-2H3,(H,48,49)(H,50,51)/b14-12-,19-17-,21-18-/t40-,41+/m1/s1. The molecule has 0 aliphatic carbocycles. The number of allylic oxidation sites excluding steroid dienone is 6. The van der Waals surface area contributed by atoms with Crippen molar-refractivity contribution in [3.05, 3.63) is 36.5 Å². The highest BCUT2D eigenvalue weighted by Gasteiger charge is 2.28. The lowest BCUT2D eigenvalue weighted by Crippen LogP contribution is -2.34. The molecule has 0 spiro atoms. The lowest BCUT2D eigenvalue weighted by molar-refractivity contribution is -0.161. The zero-order valence-corrected chi connectivity index (χ0v) is 36.1. The van der Waals surface area contributed by atoms with Crippen LogP contribution in [0.5, 0.6) is 0 Å². The Morgan fingerprint density at radius 1 is 0.554 bits per heavy atom. The van der Waals surface area contributed by atoms with Gasteiger partial charge >= 0.3 is 25.7 Å². The molecule has 3 atom stereocenters. The largest absolute Gasteiger partial charge is 0.480 e. The Bertz CT molecular complexity index is 1100. The molecule has 4 N–H and O–H groups in total. The maximum atomic E-state index is 12.6. The van der Waals surface area contributed by atoms with Gasteiger partial charge in [0.15, 0.2) is 6.10 Å². The monoisotopic (exact) mass is 814 g/mol. The number of ether oxygens (including phenoxy) is 2. The van der Waals surface area contributed by atoms with Gasteiger partial charge < -0.3 is 25.2 Å². The first kappa shape index (κ1) is 53.7. The van der Waals surface area contributed by atoms with Crippen molar-refractivity contribution in [2.45, 2.75) is 206 Å². The van der Waals surface area contributed by atoms with E-state index in [-0.39, 0.29) is 19.4 Å². The van der Waals surface area contributed by atoms with Gasteiger partial charge in [-0.05, 0) is 70.6 Å². The number of unbranched alkanes of at least 4 members (excludes halogenated alkanes) is 21. The molecule has 0 radical (unpaired) electrons. The summed E-state index contributed by atoms with van der Waals surface area (Å²) in [7, 11) is -4.72.